The number of carbonyl (C=O) groups is 4. The molecule has 0 aliphatic carbocycles. The van der Waals surface area contributed by atoms with Crippen LogP contribution in [0, 0.1) is 6.92 Å². The third kappa shape index (κ3) is 5.28. The average Bonchev–Trinajstić information content (AvgIpc) is 2.71. The molecule has 1 aliphatic rings. The summed E-state index contributed by atoms with van der Waals surface area (Å²) in [5.41, 5.74) is 1.81. The fourth-order valence-corrected chi connectivity index (χ4v) is 3.35. The zero-order chi connectivity index (χ0) is 22.5. The molecule has 0 bridgehead atoms. The monoisotopic (exact) mass is 487 g/mol. The van der Waals surface area contributed by atoms with Crippen LogP contribution in [0.4, 0.5) is 10.5 Å². The predicted molar refractivity (Wildman–Crippen MR) is 116 cm³/mol. The molecule has 160 valence electrons. The summed E-state index contributed by atoms with van der Waals surface area (Å²) < 4.78 is 11.4. The molecule has 0 unspecified atom stereocenters. The number of barbiturate groups is 1. The molecule has 0 radical (unpaired) electrons. The molecule has 1 fully saturated rings. The maximum absolute atomic E-state index is 12.3. The number of rotatable bonds is 6. The Balaban J connectivity index is 1.77. The van der Waals surface area contributed by atoms with Crippen LogP contribution in [-0.4, -0.2) is 37.5 Å². The molecule has 1 heterocycles. The third-order valence-electron chi connectivity index (χ3n) is 4.27. The summed E-state index contributed by atoms with van der Waals surface area (Å²) >= 11 is 3.35. The Morgan fingerprint density at radius 2 is 1.81 bits per heavy atom. The predicted octanol–water partition coefficient (Wildman–Crippen LogP) is 2.53. The molecule has 9 nitrogen and oxygen atoms in total. The second-order valence-corrected chi connectivity index (χ2v) is 7.34. The van der Waals surface area contributed by atoms with E-state index in [-0.39, 0.29) is 29.6 Å². The molecule has 3 N–H and O–H groups in total. The molecule has 2 aromatic carbocycles. The van der Waals surface area contributed by atoms with Gasteiger partial charge in [-0.3, -0.25) is 25.0 Å². The van der Waals surface area contributed by atoms with Crippen molar-refractivity contribution in [3.63, 3.8) is 0 Å². The SMILES string of the molecule is COc1cc(C=C2C(=O)NC(=O)NC2=O)cc(Br)c1OCC(=O)Nc1ccccc1C. The number of ether oxygens (including phenoxy) is 2. The van der Waals surface area contributed by atoms with Gasteiger partial charge in [0.15, 0.2) is 18.1 Å². The van der Waals surface area contributed by atoms with Crippen molar-refractivity contribution >= 4 is 51.4 Å². The van der Waals surface area contributed by atoms with Crippen LogP contribution < -0.4 is 25.4 Å². The van der Waals surface area contributed by atoms with Crippen LogP contribution in [0.5, 0.6) is 11.5 Å². The van der Waals surface area contributed by atoms with Crippen LogP contribution in [0.15, 0.2) is 46.4 Å². The molecule has 2 aromatic rings. The van der Waals surface area contributed by atoms with Crippen molar-refractivity contribution in [2.45, 2.75) is 6.92 Å². The number of halogens is 1. The topological polar surface area (TPSA) is 123 Å². The molecule has 10 heteroatoms. The third-order valence-corrected chi connectivity index (χ3v) is 4.86. The van der Waals surface area contributed by atoms with Gasteiger partial charge in [0.1, 0.15) is 5.57 Å². The first-order valence-corrected chi connectivity index (χ1v) is 9.82. The van der Waals surface area contributed by atoms with E-state index in [1.54, 1.807) is 12.1 Å². The molecule has 0 saturated carbocycles. The number of nitrogens with one attached hydrogen (secondary N) is 3. The first-order valence-electron chi connectivity index (χ1n) is 9.02. The summed E-state index contributed by atoms with van der Waals surface area (Å²) in [6, 6.07) is 9.60. The number of benzene rings is 2. The fraction of sp³-hybridized carbons (Fsp3) is 0.143. The molecule has 31 heavy (non-hydrogen) atoms. The molecule has 5 amide bonds. The van der Waals surface area contributed by atoms with Gasteiger partial charge in [0.25, 0.3) is 17.7 Å². The van der Waals surface area contributed by atoms with Crippen molar-refractivity contribution in [1.29, 1.82) is 0 Å². The number of aryl methyl sites for hydroxylation is 1. The van der Waals surface area contributed by atoms with Gasteiger partial charge >= 0.3 is 6.03 Å². The zero-order valence-electron chi connectivity index (χ0n) is 16.6. The summed E-state index contributed by atoms with van der Waals surface area (Å²) in [7, 11) is 1.41. The van der Waals surface area contributed by atoms with Gasteiger partial charge in [-0.2, -0.15) is 0 Å². The van der Waals surface area contributed by atoms with Crippen LogP contribution >= 0.6 is 15.9 Å². The number of amides is 5. The van der Waals surface area contributed by atoms with E-state index in [2.05, 4.69) is 21.2 Å². The van der Waals surface area contributed by atoms with Gasteiger partial charge in [-0.05, 0) is 58.3 Å². The lowest BCUT2D eigenvalue weighted by Gasteiger charge is -2.16. The number of hydrogen-bond acceptors (Lipinski definition) is 6. The van der Waals surface area contributed by atoms with Gasteiger partial charge < -0.3 is 14.8 Å². The minimum absolute atomic E-state index is 0.236. The Labute approximate surface area is 185 Å². The van der Waals surface area contributed by atoms with E-state index in [9.17, 15) is 19.2 Å². The van der Waals surface area contributed by atoms with Crippen molar-refractivity contribution in [3.8, 4) is 11.5 Å². The molecule has 3 rings (SSSR count). The highest BCUT2D eigenvalue weighted by atomic mass is 79.9. The summed E-state index contributed by atoms with van der Waals surface area (Å²) in [5.74, 6) is -1.42. The lowest BCUT2D eigenvalue weighted by atomic mass is 10.1. The Morgan fingerprint density at radius 3 is 2.45 bits per heavy atom. The molecule has 1 saturated heterocycles. The Morgan fingerprint density at radius 1 is 1.13 bits per heavy atom. The molecule has 1 aliphatic heterocycles. The minimum atomic E-state index is -0.876. The van der Waals surface area contributed by atoms with E-state index < -0.39 is 17.8 Å². The van der Waals surface area contributed by atoms with Crippen LogP contribution in [0.3, 0.4) is 0 Å². The number of methoxy groups -OCH3 is 1. The minimum Gasteiger partial charge on any atom is -0.493 e. The van der Waals surface area contributed by atoms with Crippen LogP contribution in [0.25, 0.3) is 6.08 Å². The van der Waals surface area contributed by atoms with Gasteiger partial charge in [0.2, 0.25) is 0 Å². The first-order chi connectivity index (χ1) is 14.8. The van der Waals surface area contributed by atoms with Crippen molar-refractivity contribution in [2.24, 2.45) is 0 Å². The standard InChI is InChI=1S/C21H18BrN3O6/c1-11-5-3-4-6-15(11)23-17(26)10-31-18-14(22)8-12(9-16(18)30-2)7-13-19(27)24-21(29)25-20(13)28/h3-9H,10H2,1-2H3,(H,23,26)(H2,24,25,27,28,29). The van der Waals surface area contributed by atoms with Crippen LogP contribution in [0.2, 0.25) is 0 Å². The second kappa shape index (κ2) is 9.43. The number of imide groups is 2. The summed E-state index contributed by atoms with van der Waals surface area (Å²) in [6.07, 6.45) is 1.30. The first kappa shape index (κ1) is 22.0. The zero-order valence-corrected chi connectivity index (χ0v) is 18.2. The highest BCUT2D eigenvalue weighted by Crippen LogP contribution is 2.37. The normalized spacial score (nSPS) is 13.3. The van der Waals surface area contributed by atoms with Crippen LogP contribution in [-0.2, 0) is 14.4 Å². The summed E-state index contributed by atoms with van der Waals surface area (Å²) in [4.78, 5) is 47.2. The smallest absolute Gasteiger partial charge is 0.328 e. The quantitative estimate of drug-likeness (QED) is 0.425. The molecule has 0 spiro atoms. The number of urea groups is 1. The van der Waals surface area contributed by atoms with E-state index in [4.69, 9.17) is 9.47 Å². The maximum atomic E-state index is 12.3. The Bertz CT molecular complexity index is 1090. The Kier molecular flexibility index (Phi) is 6.71. The van der Waals surface area contributed by atoms with Gasteiger partial charge in [0.05, 0.1) is 11.6 Å². The van der Waals surface area contributed by atoms with Gasteiger partial charge in [-0.25, -0.2) is 4.79 Å². The molecular formula is C21H18BrN3O6. The average molecular weight is 488 g/mol. The van der Waals surface area contributed by atoms with Crippen molar-refractivity contribution in [3.05, 3.63) is 57.6 Å². The highest BCUT2D eigenvalue weighted by molar-refractivity contribution is 9.10. The lowest BCUT2D eigenvalue weighted by Crippen LogP contribution is -2.51. The van der Waals surface area contributed by atoms with Crippen molar-refractivity contribution < 1.29 is 28.7 Å². The lowest BCUT2D eigenvalue weighted by molar-refractivity contribution is -0.124. The second-order valence-electron chi connectivity index (χ2n) is 6.48. The number of hydrogen-bond donors (Lipinski definition) is 3. The van der Waals surface area contributed by atoms with Crippen molar-refractivity contribution in [1.82, 2.24) is 10.6 Å². The highest BCUT2D eigenvalue weighted by Gasteiger charge is 2.28. The number of para-hydroxylation sites is 1. The van der Waals surface area contributed by atoms with Crippen molar-refractivity contribution in [2.75, 3.05) is 19.0 Å². The number of anilines is 1. The van der Waals surface area contributed by atoms with E-state index in [1.807, 2.05) is 35.8 Å². The van der Waals surface area contributed by atoms with Gasteiger partial charge in [-0.1, -0.05) is 18.2 Å². The number of carbonyl (C=O) groups excluding carboxylic acids is 4. The van der Waals surface area contributed by atoms with Crippen LogP contribution in [0.1, 0.15) is 11.1 Å². The largest absolute Gasteiger partial charge is 0.493 e. The Hall–Kier alpha value is -3.66. The fourth-order valence-electron chi connectivity index (χ4n) is 2.77. The van der Waals surface area contributed by atoms with E-state index in [0.717, 1.165) is 5.56 Å². The maximum Gasteiger partial charge on any atom is 0.328 e. The van der Waals surface area contributed by atoms with E-state index in [0.29, 0.717) is 15.7 Å². The molecule has 0 aromatic heterocycles. The van der Waals surface area contributed by atoms with Gasteiger partial charge in [-0.15, -0.1) is 0 Å². The van der Waals surface area contributed by atoms with E-state index in [1.165, 1.54) is 19.3 Å². The molecule has 0 atom stereocenters. The van der Waals surface area contributed by atoms with Gasteiger partial charge in [0, 0.05) is 5.69 Å². The summed E-state index contributed by atoms with van der Waals surface area (Å²) in [6.45, 7) is 1.61. The van der Waals surface area contributed by atoms with E-state index >= 15 is 0 Å². The molecular weight excluding hydrogens is 470 g/mol. The summed E-state index contributed by atoms with van der Waals surface area (Å²) in [5, 5.41) is 6.77.